The Morgan fingerprint density at radius 2 is 2.04 bits per heavy atom. The van der Waals surface area contributed by atoms with Gasteiger partial charge in [-0.25, -0.2) is 4.99 Å². The molecule has 1 heterocycles. The molecule has 0 spiro atoms. The Hall–Kier alpha value is -2.08. The number of guanidine groups is 1. The van der Waals surface area contributed by atoms with Crippen molar-refractivity contribution in [1.82, 2.24) is 15.5 Å². The van der Waals surface area contributed by atoms with E-state index in [1.165, 1.54) is 11.1 Å². The zero-order valence-corrected chi connectivity index (χ0v) is 15.4. The predicted octanol–water partition coefficient (Wildman–Crippen LogP) is 1.55. The van der Waals surface area contributed by atoms with E-state index in [2.05, 4.69) is 33.8 Å². The topological polar surface area (TPSA) is 66.0 Å². The highest BCUT2D eigenvalue weighted by atomic mass is 16.5. The van der Waals surface area contributed by atoms with Crippen LogP contribution in [0.5, 0.6) is 0 Å². The molecule has 6 nitrogen and oxygen atoms in total. The average molecular weight is 346 g/mol. The molecule has 1 aromatic rings. The summed E-state index contributed by atoms with van der Waals surface area (Å²) in [4.78, 5) is 18.8. The first-order valence-electron chi connectivity index (χ1n) is 9.19. The van der Waals surface area contributed by atoms with Gasteiger partial charge in [0, 0.05) is 39.4 Å². The van der Waals surface area contributed by atoms with E-state index >= 15 is 0 Å². The van der Waals surface area contributed by atoms with E-state index in [9.17, 15) is 4.79 Å². The van der Waals surface area contributed by atoms with E-state index in [1.807, 2.05) is 24.8 Å². The predicted molar refractivity (Wildman–Crippen MR) is 101 cm³/mol. The zero-order valence-electron chi connectivity index (χ0n) is 15.4. The van der Waals surface area contributed by atoms with Gasteiger partial charge in [-0.3, -0.25) is 4.79 Å². The maximum Gasteiger partial charge on any atom is 0.244 e. The van der Waals surface area contributed by atoms with Gasteiger partial charge in [0.1, 0.15) is 6.54 Å². The van der Waals surface area contributed by atoms with Crippen molar-refractivity contribution in [2.75, 3.05) is 39.4 Å². The molecule has 0 aromatic heterocycles. The van der Waals surface area contributed by atoms with Crippen LogP contribution in [0.4, 0.5) is 0 Å². The lowest BCUT2D eigenvalue weighted by molar-refractivity contribution is -0.130. The quantitative estimate of drug-likeness (QED) is 0.426. The van der Waals surface area contributed by atoms with Crippen LogP contribution in [0.2, 0.25) is 0 Å². The molecule has 0 fully saturated rings. The van der Waals surface area contributed by atoms with Crippen LogP contribution in [0.1, 0.15) is 31.4 Å². The van der Waals surface area contributed by atoms with Crippen LogP contribution < -0.4 is 10.6 Å². The Balaban J connectivity index is 1.82. The minimum atomic E-state index is 0.0704. The lowest BCUT2D eigenvalue weighted by Crippen LogP contribution is -2.41. The molecule has 0 unspecified atom stereocenters. The van der Waals surface area contributed by atoms with Crippen molar-refractivity contribution in [3.8, 4) is 0 Å². The Labute approximate surface area is 150 Å². The first-order valence-corrected chi connectivity index (χ1v) is 9.19. The maximum atomic E-state index is 12.5. The number of hydrogen-bond donors (Lipinski definition) is 2. The summed E-state index contributed by atoms with van der Waals surface area (Å²) in [5.74, 6) is 0.755. The van der Waals surface area contributed by atoms with Crippen LogP contribution in [-0.2, 0) is 22.5 Å². The summed E-state index contributed by atoms with van der Waals surface area (Å²) < 4.78 is 5.32. The highest BCUT2D eigenvalue weighted by molar-refractivity contribution is 5.85. The van der Waals surface area contributed by atoms with E-state index < -0.39 is 0 Å². The van der Waals surface area contributed by atoms with E-state index in [-0.39, 0.29) is 12.5 Å². The van der Waals surface area contributed by atoms with Gasteiger partial charge in [0.25, 0.3) is 0 Å². The third-order valence-electron chi connectivity index (χ3n) is 4.16. The highest BCUT2D eigenvalue weighted by Crippen LogP contribution is 2.18. The third-order valence-corrected chi connectivity index (χ3v) is 4.16. The molecule has 1 amide bonds. The number of nitrogens with zero attached hydrogens (tertiary/aromatic N) is 2. The number of benzene rings is 1. The van der Waals surface area contributed by atoms with Gasteiger partial charge in [-0.05, 0) is 37.8 Å². The molecule has 1 aliphatic rings. The average Bonchev–Trinajstić information content (AvgIpc) is 2.65. The Morgan fingerprint density at radius 3 is 2.80 bits per heavy atom. The molecule has 0 aliphatic carbocycles. The van der Waals surface area contributed by atoms with E-state index in [0.29, 0.717) is 12.5 Å². The molecule has 138 valence electrons. The number of ether oxygens (including phenoxy) is 1. The van der Waals surface area contributed by atoms with Gasteiger partial charge < -0.3 is 20.3 Å². The van der Waals surface area contributed by atoms with Crippen LogP contribution in [0.25, 0.3) is 0 Å². The summed E-state index contributed by atoms with van der Waals surface area (Å²) >= 11 is 0. The van der Waals surface area contributed by atoms with Gasteiger partial charge in [0.05, 0.1) is 0 Å². The first-order chi connectivity index (χ1) is 12.2. The molecular formula is C19H30N4O2. The van der Waals surface area contributed by atoms with Crippen molar-refractivity contribution in [1.29, 1.82) is 0 Å². The molecule has 2 rings (SSSR count). The smallest absolute Gasteiger partial charge is 0.244 e. The van der Waals surface area contributed by atoms with Crippen molar-refractivity contribution >= 4 is 11.9 Å². The number of carbonyl (C=O) groups excluding carboxylic acids is 1. The van der Waals surface area contributed by atoms with Crippen molar-refractivity contribution < 1.29 is 9.53 Å². The highest BCUT2D eigenvalue weighted by Gasteiger charge is 2.19. The molecule has 2 N–H and O–H groups in total. The van der Waals surface area contributed by atoms with E-state index in [1.54, 1.807) is 0 Å². The molecule has 0 bridgehead atoms. The minimum absolute atomic E-state index is 0.0704. The second kappa shape index (κ2) is 10.7. The molecule has 6 heteroatoms. The van der Waals surface area contributed by atoms with Crippen LogP contribution in [0.15, 0.2) is 29.3 Å². The van der Waals surface area contributed by atoms with Crippen LogP contribution in [0, 0.1) is 0 Å². The summed E-state index contributed by atoms with van der Waals surface area (Å²) in [5, 5.41) is 6.42. The summed E-state index contributed by atoms with van der Waals surface area (Å²) in [6.45, 7) is 8.64. The lowest BCUT2D eigenvalue weighted by Gasteiger charge is -2.28. The van der Waals surface area contributed by atoms with Gasteiger partial charge in [0.15, 0.2) is 5.96 Å². The van der Waals surface area contributed by atoms with Crippen LogP contribution >= 0.6 is 0 Å². The fraction of sp³-hybridized carbons (Fsp3) is 0.579. The van der Waals surface area contributed by atoms with Crippen molar-refractivity contribution in [2.45, 2.75) is 33.2 Å². The van der Waals surface area contributed by atoms with Crippen molar-refractivity contribution in [3.63, 3.8) is 0 Å². The standard InChI is InChI=1S/C19H30N4O2/c1-3-20-19(21-11-7-13-25-4-2)22-14-18(24)23-12-10-16-8-5-6-9-17(16)15-23/h5-6,8-9H,3-4,7,10-15H2,1-2H3,(H2,20,21,22). The van der Waals surface area contributed by atoms with Crippen LogP contribution in [0.3, 0.4) is 0 Å². The molecule has 1 aliphatic heterocycles. The van der Waals surface area contributed by atoms with Gasteiger partial charge >= 0.3 is 0 Å². The molecular weight excluding hydrogens is 316 g/mol. The maximum absolute atomic E-state index is 12.5. The molecule has 0 atom stereocenters. The van der Waals surface area contributed by atoms with Gasteiger partial charge in [-0.1, -0.05) is 24.3 Å². The normalized spacial score (nSPS) is 14.2. The Morgan fingerprint density at radius 1 is 1.24 bits per heavy atom. The number of carbonyl (C=O) groups is 1. The molecule has 0 saturated carbocycles. The van der Waals surface area contributed by atoms with E-state index in [0.717, 1.165) is 45.7 Å². The fourth-order valence-corrected chi connectivity index (χ4v) is 2.82. The monoisotopic (exact) mass is 346 g/mol. The number of rotatable bonds is 8. The van der Waals surface area contributed by atoms with Crippen molar-refractivity contribution in [3.05, 3.63) is 35.4 Å². The Kier molecular flexibility index (Phi) is 8.25. The SMILES string of the molecule is CCNC(=NCC(=O)N1CCc2ccccc2C1)NCCCOCC. The van der Waals surface area contributed by atoms with E-state index in [4.69, 9.17) is 4.74 Å². The fourth-order valence-electron chi connectivity index (χ4n) is 2.82. The van der Waals surface area contributed by atoms with Crippen molar-refractivity contribution in [2.24, 2.45) is 4.99 Å². The van der Waals surface area contributed by atoms with Crippen LogP contribution in [-0.4, -0.2) is 56.2 Å². The number of hydrogen-bond acceptors (Lipinski definition) is 3. The Bertz CT molecular complexity index is 574. The number of aliphatic imine (C=N–C) groups is 1. The molecule has 0 saturated heterocycles. The third kappa shape index (κ3) is 6.38. The van der Waals surface area contributed by atoms with Gasteiger partial charge in [0.2, 0.25) is 5.91 Å². The molecule has 25 heavy (non-hydrogen) atoms. The summed E-state index contributed by atoms with van der Waals surface area (Å²) in [6, 6.07) is 8.33. The van der Waals surface area contributed by atoms with Gasteiger partial charge in [-0.15, -0.1) is 0 Å². The number of nitrogens with one attached hydrogen (secondary N) is 2. The largest absolute Gasteiger partial charge is 0.382 e. The lowest BCUT2D eigenvalue weighted by atomic mass is 10.00. The minimum Gasteiger partial charge on any atom is -0.382 e. The molecule has 0 radical (unpaired) electrons. The first kappa shape index (κ1) is 19.2. The van der Waals surface area contributed by atoms with Gasteiger partial charge in [-0.2, -0.15) is 0 Å². The summed E-state index contributed by atoms with van der Waals surface area (Å²) in [7, 11) is 0. The summed E-state index contributed by atoms with van der Waals surface area (Å²) in [6.07, 6.45) is 1.83. The molecule has 1 aromatic carbocycles. The zero-order chi connectivity index (χ0) is 17.9. The second-order valence-electron chi connectivity index (χ2n) is 6.01. The second-order valence-corrected chi connectivity index (χ2v) is 6.01. The number of fused-ring (bicyclic) bond motifs is 1. The summed E-state index contributed by atoms with van der Waals surface area (Å²) in [5.41, 5.74) is 2.59. The number of amides is 1.